The van der Waals surface area contributed by atoms with Gasteiger partial charge in [0.05, 0.1) is 4.92 Å². The van der Waals surface area contributed by atoms with Crippen LogP contribution in [0.1, 0.15) is 30.4 Å². The van der Waals surface area contributed by atoms with Crippen LogP contribution in [0.25, 0.3) is 0 Å². The minimum atomic E-state index is -0.629. The van der Waals surface area contributed by atoms with Crippen LogP contribution in [0.15, 0.2) is 36.4 Å². The van der Waals surface area contributed by atoms with E-state index in [0.717, 1.165) is 5.56 Å². The third-order valence-electron chi connectivity index (χ3n) is 4.29. The Bertz CT molecular complexity index is 1010. The quantitative estimate of drug-likeness (QED) is 0.337. The van der Waals surface area contributed by atoms with Gasteiger partial charge in [0.15, 0.2) is 6.61 Å². The van der Waals surface area contributed by atoms with Gasteiger partial charge in [0.25, 0.3) is 11.6 Å². The van der Waals surface area contributed by atoms with E-state index in [1.165, 1.54) is 18.2 Å². The Balaban J connectivity index is 1.70. The first-order valence-corrected chi connectivity index (χ1v) is 9.80. The van der Waals surface area contributed by atoms with Crippen molar-refractivity contribution < 1.29 is 24.0 Å². The number of hydrogen-bond acceptors (Lipinski definition) is 6. The number of carbonyl (C=O) groups excluding carboxylic acids is 3. The minimum Gasteiger partial charge on any atom is -0.456 e. The number of nitrogens with zero attached hydrogens (tertiary/aromatic N) is 1. The summed E-state index contributed by atoms with van der Waals surface area (Å²) in [5, 5.41) is 16.6. The van der Waals surface area contributed by atoms with Crippen molar-refractivity contribution in [2.75, 3.05) is 17.2 Å². The van der Waals surface area contributed by atoms with Crippen molar-refractivity contribution >= 4 is 46.4 Å². The summed E-state index contributed by atoms with van der Waals surface area (Å²) >= 11 is 6.01. The molecule has 31 heavy (non-hydrogen) atoms. The molecule has 0 fully saturated rings. The van der Waals surface area contributed by atoms with E-state index in [4.69, 9.17) is 16.3 Å². The second-order valence-electron chi connectivity index (χ2n) is 6.83. The lowest BCUT2D eigenvalue weighted by Gasteiger charge is -2.08. The van der Waals surface area contributed by atoms with Crippen molar-refractivity contribution in [1.82, 2.24) is 0 Å². The number of ether oxygens (including phenoxy) is 1. The Morgan fingerprint density at radius 1 is 0.968 bits per heavy atom. The summed E-state index contributed by atoms with van der Waals surface area (Å²) in [5.41, 5.74) is 2.03. The van der Waals surface area contributed by atoms with E-state index in [9.17, 15) is 24.5 Å². The lowest BCUT2D eigenvalue weighted by atomic mass is 10.2. The Hall–Kier alpha value is -3.46. The van der Waals surface area contributed by atoms with Crippen LogP contribution in [-0.4, -0.2) is 29.3 Å². The van der Waals surface area contributed by atoms with Crippen LogP contribution in [0.2, 0.25) is 5.02 Å². The number of nitro benzene ring substituents is 1. The summed E-state index contributed by atoms with van der Waals surface area (Å²) in [5.74, 6) is -1.52. The van der Waals surface area contributed by atoms with E-state index < -0.39 is 23.4 Å². The van der Waals surface area contributed by atoms with E-state index in [2.05, 4.69) is 10.6 Å². The number of esters is 1. The molecule has 0 unspecified atom stereocenters. The standard InChI is InChI=1S/C21H22ClN3O6/c1-13-6-8-15(10-17(13)22)23-19(26)4-3-5-21(28)31-12-20(27)24-16-9-7-14(2)18(11-16)25(29)30/h6-11H,3-5,12H2,1-2H3,(H,23,26)(H,24,27). The number of hydrogen-bond donors (Lipinski definition) is 2. The molecular weight excluding hydrogens is 426 g/mol. The van der Waals surface area contributed by atoms with Crippen molar-refractivity contribution in [2.45, 2.75) is 33.1 Å². The van der Waals surface area contributed by atoms with Crippen LogP contribution in [0, 0.1) is 24.0 Å². The van der Waals surface area contributed by atoms with Gasteiger partial charge in [-0.25, -0.2) is 0 Å². The molecule has 0 atom stereocenters. The van der Waals surface area contributed by atoms with Crippen molar-refractivity contribution in [2.24, 2.45) is 0 Å². The van der Waals surface area contributed by atoms with Crippen molar-refractivity contribution in [3.05, 3.63) is 62.7 Å². The van der Waals surface area contributed by atoms with E-state index in [1.807, 2.05) is 6.92 Å². The number of halogens is 1. The number of anilines is 2. The van der Waals surface area contributed by atoms with E-state index in [0.29, 0.717) is 16.3 Å². The number of amides is 2. The van der Waals surface area contributed by atoms with Gasteiger partial charge in [0, 0.05) is 40.9 Å². The minimum absolute atomic E-state index is 0.0364. The molecule has 0 heterocycles. The molecule has 0 spiro atoms. The molecule has 0 bridgehead atoms. The fourth-order valence-electron chi connectivity index (χ4n) is 2.59. The maximum atomic E-state index is 11.9. The maximum Gasteiger partial charge on any atom is 0.306 e. The maximum absolute atomic E-state index is 11.9. The van der Waals surface area contributed by atoms with Crippen molar-refractivity contribution in [3.63, 3.8) is 0 Å². The van der Waals surface area contributed by atoms with Gasteiger partial charge in [-0.05, 0) is 44.0 Å². The molecule has 0 aliphatic rings. The molecule has 2 rings (SSSR count). The zero-order chi connectivity index (χ0) is 23.0. The van der Waals surface area contributed by atoms with Crippen LogP contribution in [0.4, 0.5) is 17.1 Å². The van der Waals surface area contributed by atoms with Gasteiger partial charge >= 0.3 is 5.97 Å². The highest BCUT2D eigenvalue weighted by molar-refractivity contribution is 6.31. The summed E-state index contributed by atoms with van der Waals surface area (Å²) in [6.45, 7) is 2.90. The van der Waals surface area contributed by atoms with Gasteiger partial charge in [0.2, 0.25) is 5.91 Å². The summed E-state index contributed by atoms with van der Waals surface area (Å²) < 4.78 is 4.87. The number of nitrogens with one attached hydrogen (secondary N) is 2. The zero-order valence-corrected chi connectivity index (χ0v) is 17.8. The topological polar surface area (TPSA) is 128 Å². The lowest BCUT2D eigenvalue weighted by Crippen LogP contribution is -2.21. The van der Waals surface area contributed by atoms with Crippen molar-refractivity contribution in [1.29, 1.82) is 0 Å². The van der Waals surface area contributed by atoms with Gasteiger partial charge in [-0.3, -0.25) is 24.5 Å². The number of benzene rings is 2. The van der Waals surface area contributed by atoms with Gasteiger partial charge in [-0.1, -0.05) is 23.7 Å². The van der Waals surface area contributed by atoms with Crippen LogP contribution in [-0.2, 0) is 19.1 Å². The van der Waals surface area contributed by atoms with Crippen LogP contribution >= 0.6 is 11.6 Å². The molecule has 2 N–H and O–H groups in total. The predicted molar refractivity (Wildman–Crippen MR) is 116 cm³/mol. The third-order valence-corrected chi connectivity index (χ3v) is 4.70. The van der Waals surface area contributed by atoms with Gasteiger partial charge in [-0.15, -0.1) is 0 Å². The third kappa shape index (κ3) is 7.71. The smallest absolute Gasteiger partial charge is 0.306 e. The van der Waals surface area contributed by atoms with Gasteiger partial charge in [-0.2, -0.15) is 0 Å². The summed E-state index contributed by atoms with van der Waals surface area (Å²) in [6, 6.07) is 9.42. The Morgan fingerprint density at radius 3 is 2.23 bits per heavy atom. The van der Waals surface area contributed by atoms with Gasteiger partial charge < -0.3 is 15.4 Å². The number of rotatable bonds is 9. The highest BCUT2D eigenvalue weighted by Gasteiger charge is 2.14. The van der Waals surface area contributed by atoms with Gasteiger partial charge in [0.1, 0.15) is 0 Å². The predicted octanol–water partition coefficient (Wildman–Crippen LogP) is 4.16. The van der Waals surface area contributed by atoms with Crippen LogP contribution in [0.5, 0.6) is 0 Å². The van der Waals surface area contributed by atoms with Crippen molar-refractivity contribution in [3.8, 4) is 0 Å². The molecule has 0 aliphatic carbocycles. The number of aryl methyl sites for hydroxylation is 2. The zero-order valence-electron chi connectivity index (χ0n) is 17.1. The first-order valence-electron chi connectivity index (χ1n) is 9.42. The highest BCUT2D eigenvalue weighted by atomic mass is 35.5. The molecule has 2 aromatic carbocycles. The molecule has 9 nitrogen and oxygen atoms in total. The molecule has 10 heteroatoms. The summed E-state index contributed by atoms with van der Waals surface area (Å²) in [7, 11) is 0. The first kappa shape index (κ1) is 23.8. The van der Waals surface area contributed by atoms with E-state index in [1.54, 1.807) is 25.1 Å². The molecule has 0 saturated carbocycles. The van der Waals surface area contributed by atoms with Crippen LogP contribution < -0.4 is 10.6 Å². The molecular formula is C21H22ClN3O6. The average Bonchev–Trinajstić information content (AvgIpc) is 2.70. The summed E-state index contributed by atoms with van der Waals surface area (Å²) in [6.07, 6.45) is 0.307. The largest absolute Gasteiger partial charge is 0.456 e. The SMILES string of the molecule is Cc1ccc(NC(=O)CCCC(=O)OCC(=O)Nc2ccc(C)c([N+](=O)[O-])c2)cc1Cl. The molecule has 2 amide bonds. The molecule has 0 aromatic heterocycles. The fraction of sp³-hybridized carbons (Fsp3) is 0.286. The molecule has 2 aromatic rings. The molecule has 0 radical (unpaired) electrons. The molecule has 164 valence electrons. The highest BCUT2D eigenvalue weighted by Crippen LogP contribution is 2.22. The Kier molecular flexibility index (Phi) is 8.51. The van der Waals surface area contributed by atoms with E-state index >= 15 is 0 Å². The molecule has 0 saturated heterocycles. The number of nitro groups is 1. The lowest BCUT2D eigenvalue weighted by molar-refractivity contribution is -0.385. The Labute approximate surface area is 183 Å². The fourth-order valence-corrected chi connectivity index (χ4v) is 2.77. The Morgan fingerprint density at radius 2 is 1.58 bits per heavy atom. The normalized spacial score (nSPS) is 10.3. The second-order valence-corrected chi connectivity index (χ2v) is 7.24. The monoisotopic (exact) mass is 447 g/mol. The van der Waals surface area contributed by atoms with Crippen LogP contribution in [0.3, 0.4) is 0 Å². The molecule has 0 aliphatic heterocycles. The summed E-state index contributed by atoms with van der Waals surface area (Å²) in [4.78, 5) is 46.0. The average molecular weight is 448 g/mol. The first-order chi connectivity index (χ1) is 14.7. The second kappa shape index (κ2) is 11.1. The van der Waals surface area contributed by atoms with E-state index in [-0.39, 0.29) is 36.5 Å². The number of carbonyl (C=O) groups is 3.